The Balaban J connectivity index is 2.16. The van der Waals surface area contributed by atoms with E-state index in [0.717, 1.165) is 5.56 Å². The number of hydrogen-bond donors (Lipinski definition) is 1. The van der Waals surface area contributed by atoms with E-state index in [-0.39, 0.29) is 5.82 Å². The molecule has 3 aromatic rings. The van der Waals surface area contributed by atoms with E-state index in [1.807, 2.05) is 25.2 Å². The number of rotatable bonds is 3. The molecule has 0 aliphatic carbocycles. The minimum atomic E-state index is -0.156. The van der Waals surface area contributed by atoms with Crippen molar-refractivity contribution in [1.82, 2.24) is 5.32 Å². The van der Waals surface area contributed by atoms with Gasteiger partial charge in [0, 0.05) is 16.8 Å². The van der Waals surface area contributed by atoms with Gasteiger partial charge in [0.05, 0.1) is 0 Å². The Morgan fingerprint density at radius 3 is 2.89 bits per heavy atom. The smallest absolute Gasteiger partial charge is 0.127 e. The van der Waals surface area contributed by atoms with Gasteiger partial charge in [0.1, 0.15) is 5.82 Å². The Labute approximate surface area is 115 Å². The third-order valence-corrected chi connectivity index (χ3v) is 4.17. The summed E-state index contributed by atoms with van der Waals surface area (Å²) in [7, 11) is 1.83. The first kappa shape index (κ1) is 12.3. The normalized spacial score (nSPS) is 11.1. The van der Waals surface area contributed by atoms with Crippen LogP contribution in [-0.2, 0) is 6.54 Å². The predicted octanol–water partition coefficient (Wildman–Crippen LogP) is 4.43. The van der Waals surface area contributed by atoms with E-state index in [1.165, 1.54) is 15.6 Å². The summed E-state index contributed by atoms with van der Waals surface area (Å²) in [4.78, 5) is 0. The molecule has 3 rings (SSSR count). The number of benzene rings is 2. The van der Waals surface area contributed by atoms with Crippen LogP contribution in [0.15, 0.2) is 47.8 Å². The van der Waals surface area contributed by atoms with Crippen LogP contribution in [0.3, 0.4) is 0 Å². The van der Waals surface area contributed by atoms with Crippen LogP contribution < -0.4 is 5.32 Å². The molecular weight excluding hydrogens is 257 g/mol. The third-order valence-electron chi connectivity index (χ3n) is 3.20. The van der Waals surface area contributed by atoms with E-state index in [0.29, 0.717) is 12.1 Å². The number of halogens is 1. The number of thiophene rings is 1. The quantitative estimate of drug-likeness (QED) is 0.743. The minimum Gasteiger partial charge on any atom is -0.316 e. The second-order valence-corrected chi connectivity index (χ2v) is 5.40. The first-order chi connectivity index (χ1) is 9.29. The average Bonchev–Trinajstić information content (AvgIpc) is 2.90. The van der Waals surface area contributed by atoms with Crippen molar-refractivity contribution in [2.24, 2.45) is 0 Å². The van der Waals surface area contributed by atoms with Crippen LogP contribution in [0.5, 0.6) is 0 Å². The summed E-state index contributed by atoms with van der Waals surface area (Å²) in [6, 6.07) is 13.7. The van der Waals surface area contributed by atoms with Crippen molar-refractivity contribution >= 4 is 21.4 Å². The summed E-state index contributed by atoms with van der Waals surface area (Å²) in [5.74, 6) is -0.156. The lowest BCUT2D eigenvalue weighted by Gasteiger charge is -2.08. The lowest BCUT2D eigenvalue weighted by atomic mass is 10.0. The highest BCUT2D eigenvalue weighted by Gasteiger charge is 2.08. The molecule has 19 heavy (non-hydrogen) atoms. The molecule has 1 N–H and O–H groups in total. The standard InChI is InChI=1S/C16H14FNS/c1-18-10-13-9-12(5-6-15(13)17)14-4-2-3-11-7-8-19-16(11)14/h2-9,18H,10H2,1H3. The largest absolute Gasteiger partial charge is 0.316 e. The van der Waals surface area contributed by atoms with Gasteiger partial charge in [-0.3, -0.25) is 0 Å². The second kappa shape index (κ2) is 5.11. The summed E-state index contributed by atoms with van der Waals surface area (Å²) in [6.45, 7) is 0.542. The molecule has 1 nitrogen and oxygen atoms in total. The fourth-order valence-corrected chi connectivity index (χ4v) is 3.22. The zero-order chi connectivity index (χ0) is 13.2. The summed E-state index contributed by atoms with van der Waals surface area (Å²) < 4.78 is 14.9. The molecule has 0 fully saturated rings. The van der Waals surface area contributed by atoms with Gasteiger partial charge < -0.3 is 5.32 Å². The van der Waals surface area contributed by atoms with Crippen molar-refractivity contribution in [3.05, 3.63) is 59.2 Å². The maximum absolute atomic E-state index is 13.7. The Kier molecular flexibility index (Phi) is 3.32. The molecule has 1 aromatic heterocycles. The van der Waals surface area contributed by atoms with E-state index in [4.69, 9.17) is 0 Å². The fourth-order valence-electron chi connectivity index (χ4n) is 2.29. The van der Waals surface area contributed by atoms with E-state index in [9.17, 15) is 4.39 Å². The van der Waals surface area contributed by atoms with Crippen LogP contribution in [0.25, 0.3) is 21.2 Å². The molecule has 0 saturated heterocycles. The van der Waals surface area contributed by atoms with Crippen LogP contribution >= 0.6 is 11.3 Å². The molecule has 0 aliphatic rings. The summed E-state index contributed by atoms with van der Waals surface area (Å²) in [5.41, 5.74) is 2.94. The van der Waals surface area contributed by atoms with Crippen molar-refractivity contribution in [3.63, 3.8) is 0 Å². The summed E-state index contributed by atoms with van der Waals surface area (Å²) in [5, 5.41) is 6.33. The topological polar surface area (TPSA) is 12.0 Å². The van der Waals surface area contributed by atoms with Crippen molar-refractivity contribution in [2.75, 3.05) is 7.05 Å². The van der Waals surface area contributed by atoms with Crippen LogP contribution in [0.4, 0.5) is 4.39 Å². The predicted molar refractivity (Wildman–Crippen MR) is 80.0 cm³/mol. The fraction of sp³-hybridized carbons (Fsp3) is 0.125. The first-order valence-corrected chi connectivity index (χ1v) is 7.07. The Bertz CT molecular complexity index is 718. The molecular formula is C16H14FNS. The monoisotopic (exact) mass is 271 g/mol. The summed E-state index contributed by atoms with van der Waals surface area (Å²) >= 11 is 1.72. The van der Waals surface area contributed by atoms with Gasteiger partial charge in [-0.1, -0.05) is 24.3 Å². The minimum absolute atomic E-state index is 0.156. The molecule has 0 spiro atoms. The van der Waals surface area contributed by atoms with E-state index < -0.39 is 0 Å². The van der Waals surface area contributed by atoms with Gasteiger partial charge in [0.25, 0.3) is 0 Å². The molecule has 1 heterocycles. The number of nitrogens with one attached hydrogen (secondary N) is 1. The van der Waals surface area contributed by atoms with Gasteiger partial charge in [0.15, 0.2) is 0 Å². The lowest BCUT2D eigenvalue weighted by molar-refractivity contribution is 0.601. The second-order valence-electron chi connectivity index (χ2n) is 4.48. The maximum atomic E-state index is 13.7. The SMILES string of the molecule is CNCc1cc(-c2cccc3ccsc23)ccc1F. The lowest BCUT2D eigenvalue weighted by Crippen LogP contribution is -2.07. The zero-order valence-corrected chi connectivity index (χ0v) is 11.4. The summed E-state index contributed by atoms with van der Waals surface area (Å²) in [6.07, 6.45) is 0. The van der Waals surface area contributed by atoms with Crippen molar-refractivity contribution in [2.45, 2.75) is 6.54 Å². The Morgan fingerprint density at radius 1 is 1.16 bits per heavy atom. The molecule has 0 amide bonds. The van der Waals surface area contributed by atoms with Gasteiger partial charge in [-0.15, -0.1) is 11.3 Å². The van der Waals surface area contributed by atoms with Crippen molar-refractivity contribution in [1.29, 1.82) is 0 Å². The highest BCUT2D eigenvalue weighted by atomic mass is 32.1. The van der Waals surface area contributed by atoms with Crippen LogP contribution in [-0.4, -0.2) is 7.05 Å². The molecule has 3 heteroatoms. The number of hydrogen-bond acceptors (Lipinski definition) is 2. The molecule has 0 atom stereocenters. The average molecular weight is 271 g/mol. The number of fused-ring (bicyclic) bond motifs is 1. The first-order valence-electron chi connectivity index (χ1n) is 6.19. The highest BCUT2D eigenvalue weighted by molar-refractivity contribution is 7.17. The molecule has 96 valence electrons. The van der Waals surface area contributed by atoms with Gasteiger partial charge in [-0.05, 0) is 47.1 Å². The van der Waals surface area contributed by atoms with Gasteiger partial charge in [0.2, 0.25) is 0 Å². The molecule has 2 aromatic carbocycles. The van der Waals surface area contributed by atoms with E-state index in [1.54, 1.807) is 17.4 Å². The van der Waals surface area contributed by atoms with Gasteiger partial charge in [-0.2, -0.15) is 0 Å². The maximum Gasteiger partial charge on any atom is 0.127 e. The van der Waals surface area contributed by atoms with Crippen molar-refractivity contribution in [3.8, 4) is 11.1 Å². The molecule has 0 saturated carbocycles. The molecule has 0 unspecified atom stereocenters. The van der Waals surface area contributed by atoms with Crippen LogP contribution in [0, 0.1) is 5.82 Å². The highest BCUT2D eigenvalue weighted by Crippen LogP contribution is 2.33. The van der Waals surface area contributed by atoms with Crippen LogP contribution in [0.2, 0.25) is 0 Å². The Morgan fingerprint density at radius 2 is 2.05 bits per heavy atom. The van der Waals surface area contributed by atoms with Crippen LogP contribution in [0.1, 0.15) is 5.56 Å². The van der Waals surface area contributed by atoms with Gasteiger partial charge >= 0.3 is 0 Å². The van der Waals surface area contributed by atoms with Gasteiger partial charge in [-0.25, -0.2) is 4.39 Å². The third kappa shape index (κ3) is 2.27. The molecule has 0 bridgehead atoms. The van der Waals surface area contributed by atoms with E-state index in [2.05, 4.69) is 28.9 Å². The molecule has 0 aliphatic heterocycles. The zero-order valence-electron chi connectivity index (χ0n) is 10.6. The molecule has 0 radical (unpaired) electrons. The van der Waals surface area contributed by atoms with E-state index >= 15 is 0 Å². The van der Waals surface area contributed by atoms with Crippen molar-refractivity contribution < 1.29 is 4.39 Å². The Hall–Kier alpha value is -1.71.